The summed E-state index contributed by atoms with van der Waals surface area (Å²) in [6, 6.07) is 3.22. The Morgan fingerprint density at radius 2 is 1.96 bits per heavy atom. The summed E-state index contributed by atoms with van der Waals surface area (Å²) in [4.78, 5) is 27.7. The van der Waals surface area contributed by atoms with E-state index < -0.39 is 11.2 Å². The SMILES string of the molecule is CC(=O)N1CCN(c2cc3c(cc2F)c(=O)c(/C=N/[O-])cn3C2CC2)CC1. The largest absolute Gasteiger partial charge is 0.792 e. The number of rotatable bonds is 3. The Morgan fingerprint density at radius 3 is 2.56 bits per heavy atom. The van der Waals surface area contributed by atoms with Crippen molar-refractivity contribution in [2.75, 3.05) is 31.1 Å². The number of nitrogens with zero attached hydrogens (tertiary/aromatic N) is 4. The minimum Gasteiger partial charge on any atom is -0.792 e. The first-order valence-electron chi connectivity index (χ1n) is 9.04. The number of anilines is 1. The first kappa shape index (κ1) is 17.5. The third-order valence-electron chi connectivity index (χ3n) is 5.33. The zero-order valence-electron chi connectivity index (χ0n) is 15.0. The molecule has 2 heterocycles. The lowest BCUT2D eigenvalue weighted by Gasteiger charge is -2.36. The normalized spacial score (nSPS) is 17.9. The fraction of sp³-hybridized carbons (Fsp3) is 0.421. The number of carbonyl (C=O) groups is 1. The highest BCUT2D eigenvalue weighted by Crippen LogP contribution is 2.38. The minimum absolute atomic E-state index is 0.0174. The zero-order chi connectivity index (χ0) is 19.1. The van der Waals surface area contributed by atoms with Crippen LogP contribution >= 0.6 is 0 Å². The molecule has 8 heteroatoms. The second kappa shape index (κ2) is 6.68. The summed E-state index contributed by atoms with van der Waals surface area (Å²) in [5.41, 5.74) is 0.876. The number of aromatic nitrogens is 1. The molecule has 0 bridgehead atoms. The number of hydrogen-bond acceptors (Lipinski definition) is 5. The fourth-order valence-electron chi connectivity index (χ4n) is 3.69. The number of hydrogen-bond donors (Lipinski definition) is 0. The molecule has 1 aliphatic carbocycles. The summed E-state index contributed by atoms with van der Waals surface area (Å²) in [6.45, 7) is 3.69. The quantitative estimate of drug-likeness (QED) is 0.611. The molecule has 1 aromatic carbocycles. The molecule has 2 aliphatic rings. The highest BCUT2D eigenvalue weighted by molar-refractivity contribution is 5.90. The van der Waals surface area contributed by atoms with Gasteiger partial charge >= 0.3 is 0 Å². The summed E-state index contributed by atoms with van der Waals surface area (Å²) >= 11 is 0. The Kier molecular flexibility index (Phi) is 4.33. The van der Waals surface area contributed by atoms with Crippen LogP contribution in [0.15, 0.2) is 28.3 Å². The third-order valence-corrected chi connectivity index (χ3v) is 5.33. The molecule has 142 valence electrons. The van der Waals surface area contributed by atoms with Crippen LogP contribution < -0.4 is 10.3 Å². The van der Waals surface area contributed by atoms with Crippen LogP contribution in [0.3, 0.4) is 0 Å². The predicted molar refractivity (Wildman–Crippen MR) is 102 cm³/mol. The Labute approximate surface area is 155 Å². The van der Waals surface area contributed by atoms with Crippen LogP contribution in [0.2, 0.25) is 0 Å². The number of halogens is 1. The van der Waals surface area contributed by atoms with Crippen molar-refractivity contribution in [2.45, 2.75) is 25.8 Å². The van der Waals surface area contributed by atoms with E-state index in [1.54, 1.807) is 17.2 Å². The van der Waals surface area contributed by atoms with Gasteiger partial charge in [0.2, 0.25) is 5.91 Å². The van der Waals surface area contributed by atoms with Crippen LogP contribution in [0.4, 0.5) is 10.1 Å². The van der Waals surface area contributed by atoms with E-state index in [1.165, 1.54) is 13.0 Å². The zero-order valence-corrected chi connectivity index (χ0v) is 15.0. The van der Waals surface area contributed by atoms with Gasteiger partial charge in [-0.25, -0.2) is 4.39 Å². The maximum absolute atomic E-state index is 14.8. The molecule has 1 saturated carbocycles. The van der Waals surface area contributed by atoms with E-state index in [4.69, 9.17) is 0 Å². The average Bonchev–Trinajstić information content (AvgIpc) is 3.49. The van der Waals surface area contributed by atoms with Crippen molar-refractivity contribution in [3.05, 3.63) is 45.1 Å². The van der Waals surface area contributed by atoms with E-state index in [-0.39, 0.29) is 22.9 Å². The van der Waals surface area contributed by atoms with Gasteiger partial charge in [0, 0.05) is 56.9 Å². The van der Waals surface area contributed by atoms with E-state index in [2.05, 4.69) is 5.16 Å². The monoisotopic (exact) mass is 371 g/mol. The molecule has 1 saturated heterocycles. The molecule has 0 N–H and O–H groups in total. The van der Waals surface area contributed by atoms with Crippen molar-refractivity contribution in [3.63, 3.8) is 0 Å². The maximum Gasteiger partial charge on any atom is 0.219 e. The lowest BCUT2D eigenvalue weighted by atomic mass is 10.1. The number of amides is 1. The van der Waals surface area contributed by atoms with Gasteiger partial charge in [-0.3, -0.25) is 9.59 Å². The highest BCUT2D eigenvalue weighted by Gasteiger charge is 2.27. The molecule has 0 unspecified atom stereocenters. The lowest BCUT2D eigenvalue weighted by molar-refractivity contribution is -0.129. The van der Waals surface area contributed by atoms with Crippen molar-refractivity contribution >= 4 is 28.7 Å². The predicted octanol–water partition coefficient (Wildman–Crippen LogP) is 2.06. The third kappa shape index (κ3) is 3.15. The van der Waals surface area contributed by atoms with E-state index in [1.807, 2.05) is 9.47 Å². The van der Waals surface area contributed by atoms with E-state index in [0.29, 0.717) is 37.4 Å². The standard InChI is InChI=1S/C19H21FN4O3/c1-12(25)22-4-6-23(7-5-22)18-9-17-15(8-16(18)20)19(26)13(10-21-27)11-24(17)14-2-3-14/h8-11,14,27H,2-7H2,1H3/p-1/b21-10+. The highest BCUT2D eigenvalue weighted by atomic mass is 19.1. The van der Waals surface area contributed by atoms with Crippen LogP contribution in [0, 0.1) is 11.0 Å². The topological polar surface area (TPSA) is 81.0 Å². The van der Waals surface area contributed by atoms with Gasteiger partial charge in [-0.2, -0.15) is 0 Å². The van der Waals surface area contributed by atoms with Gasteiger partial charge in [0.15, 0.2) is 5.43 Å². The first-order chi connectivity index (χ1) is 13.0. The molecule has 2 fully saturated rings. The van der Waals surface area contributed by atoms with Crippen LogP contribution in [0.5, 0.6) is 0 Å². The first-order valence-corrected chi connectivity index (χ1v) is 9.04. The Morgan fingerprint density at radius 1 is 1.26 bits per heavy atom. The molecule has 7 nitrogen and oxygen atoms in total. The molecular weight excluding hydrogens is 351 g/mol. The number of piperazine rings is 1. The number of carbonyl (C=O) groups excluding carboxylic acids is 1. The molecule has 0 radical (unpaired) electrons. The molecule has 1 aliphatic heterocycles. The molecule has 0 atom stereocenters. The van der Waals surface area contributed by atoms with Gasteiger partial charge in [0.05, 0.1) is 16.8 Å². The summed E-state index contributed by atoms with van der Waals surface area (Å²) in [5.74, 6) is -0.460. The van der Waals surface area contributed by atoms with Gasteiger partial charge in [0.25, 0.3) is 0 Å². The second-order valence-corrected chi connectivity index (χ2v) is 7.10. The summed E-state index contributed by atoms with van der Waals surface area (Å²) < 4.78 is 16.8. The van der Waals surface area contributed by atoms with Gasteiger partial charge in [-0.1, -0.05) is 0 Å². The molecular formula is C19H20FN4O3-. The summed E-state index contributed by atoms with van der Waals surface area (Å²) in [5, 5.41) is 13.6. The minimum atomic E-state index is -0.477. The number of benzene rings is 1. The second-order valence-electron chi connectivity index (χ2n) is 7.10. The van der Waals surface area contributed by atoms with Gasteiger partial charge in [-0.05, 0) is 25.0 Å². The Hall–Kier alpha value is -2.90. The van der Waals surface area contributed by atoms with Crippen molar-refractivity contribution in [2.24, 2.45) is 5.16 Å². The molecule has 0 spiro atoms. The van der Waals surface area contributed by atoms with Crippen molar-refractivity contribution in [1.82, 2.24) is 9.47 Å². The smallest absolute Gasteiger partial charge is 0.219 e. The average molecular weight is 371 g/mol. The van der Waals surface area contributed by atoms with Crippen molar-refractivity contribution in [3.8, 4) is 0 Å². The van der Waals surface area contributed by atoms with E-state index in [0.717, 1.165) is 19.1 Å². The molecule has 2 aromatic rings. The Balaban J connectivity index is 1.79. The fourth-order valence-corrected chi connectivity index (χ4v) is 3.69. The number of fused-ring (bicyclic) bond motifs is 1. The van der Waals surface area contributed by atoms with Crippen LogP contribution in [0.25, 0.3) is 10.9 Å². The molecule has 27 heavy (non-hydrogen) atoms. The molecule has 1 aromatic heterocycles. The van der Waals surface area contributed by atoms with Crippen LogP contribution in [-0.2, 0) is 4.79 Å². The van der Waals surface area contributed by atoms with Crippen LogP contribution in [-0.4, -0.2) is 47.8 Å². The number of pyridine rings is 1. The van der Waals surface area contributed by atoms with Gasteiger partial charge in [0.1, 0.15) is 5.82 Å². The molecule has 1 amide bonds. The van der Waals surface area contributed by atoms with Gasteiger partial charge < -0.3 is 24.7 Å². The van der Waals surface area contributed by atoms with E-state index in [9.17, 15) is 19.2 Å². The maximum atomic E-state index is 14.8. The van der Waals surface area contributed by atoms with Crippen molar-refractivity contribution in [1.29, 1.82) is 0 Å². The summed E-state index contributed by atoms with van der Waals surface area (Å²) in [7, 11) is 0. The van der Waals surface area contributed by atoms with Crippen LogP contribution in [0.1, 0.15) is 31.4 Å². The summed E-state index contributed by atoms with van der Waals surface area (Å²) in [6.07, 6.45) is 4.58. The Bertz CT molecular complexity index is 989. The van der Waals surface area contributed by atoms with Crippen molar-refractivity contribution < 1.29 is 9.18 Å². The van der Waals surface area contributed by atoms with Gasteiger partial charge in [-0.15, -0.1) is 0 Å². The molecule has 4 rings (SSSR count). The van der Waals surface area contributed by atoms with E-state index >= 15 is 0 Å². The lowest BCUT2D eigenvalue weighted by Crippen LogP contribution is -2.48.